The van der Waals surface area contributed by atoms with E-state index >= 15 is 4.79 Å². The molecule has 35 heavy (non-hydrogen) atoms. The van der Waals surface area contributed by atoms with E-state index in [-0.39, 0.29) is 11.8 Å². The third-order valence-electron chi connectivity index (χ3n) is 8.56. The van der Waals surface area contributed by atoms with Gasteiger partial charge in [-0.2, -0.15) is 0 Å². The van der Waals surface area contributed by atoms with Crippen LogP contribution in [0.1, 0.15) is 28.7 Å². The number of hydrogen-bond acceptors (Lipinski definition) is 1. The Labute approximate surface area is 206 Å². The van der Waals surface area contributed by atoms with E-state index in [4.69, 9.17) is 0 Å². The molecule has 0 heterocycles. The van der Waals surface area contributed by atoms with Crippen LogP contribution in [-0.4, -0.2) is 5.78 Å². The summed E-state index contributed by atoms with van der Waals surface area (Å²) in [4.78, 5) is 15.3. The van der Waals surface area contributed by atoms with Crippen molar-refractivity contribution < 1.29 is 4.79 Å². The molecule has 1 heteroatoms. The second kappa shape index (κ2) is 7.52. The topological polar surface area (TPSA) is 17.1 Å². The van der Waals surface area contributed by atoms with E-state index in [2.05, 4.69) is 121 Å². The van der Waals surface area contributed by atoms with E-state index in [1.165, 1.54) is 11.1 Å². The maximum Gasteiger partial charge on any atom is 0.163 e. The normalized spacial score (nSPS) is 28.5. The van der Waals surface area contributed by atoms with Crippen LogP contribution in [0, 0.1) is 11.8 Å². The van der Waals surface area contributed by atoms with Crippen LogP contribution in [0.15, 0.2) is 133 Å². The van der Waals surface area contributed by atoms with E-state index in [1.807, 2.05) is 12.1 Å². The highest BCUT2D eigenvalue weighted by molar-refractivity contribution is 6.30. The summed E-state index contributed by atoms with van der Waals surface area (Å²) in [5, 5.41) is 0. The van der Waals surface area contributed by atoms with Crippen LogP contribution in [0.4, 0.5) is 0 Å². The fourth-order valence-corrected chi connectivity index (χ4v) is 7.46. The van der Waals surface area contributed by atoms with Gasteiger partial charge >= 0.3 is 0 Å². The molecule has 0 unspecified atom stereocenters. The molecule has 0 saturated heterocycles. The van der Waals surface area contributed by atoms with Crippen molar-refractivity contribution >= 4 is 16.9 Å². The highest BCUT2D eigenvalue weighted by atomic mass is 16.1. The number of ketones is 1. The van der Waals surface area contributed by atoms with Crippen molar-refractivity contribution in [2.75, 3.05) is 0 Å². The molecule has 168 valence electrons. The lowest BCUT2D eigenvalue weighted by molar-refractivity contribution is -0.123. The van der Waals surface area contributed by atoms with Gasteiger partial charge in [-0.25, -0.2) is 0 Å². The molecule has 1 fully saturated rings. The summed E-state index contributed by atoms with van der Waals surface area (Å²) in [5.41, 5.74) is 5.46. The van der Waals surface area contributed by atoms with E-state index in [9.17, 15) is 0 Å². The van der Waals surface area contributed by atoms with Crippen molar-refractivity contribution in [3.8, 4) is 0 Å². The fourth-order valence-electron chi connectivity index (χ4n) is 7.46. The lowest BCUT2D eigenvalue weighted by Gasteiger charge is -2.41. The third kappa shape index (κ3) is 2.46. The van der Waals surface area contributed by atoms with Crippen molar-refractivity contribution in [3.05, 3.63) is 156 Å². The number of rotatable bonds is 4. The van der Waals surface area contributed by atoms with Gasteiger partial charge in [-0.3, -0.25) is 4.79 Å². The largest absolute Gasteiger partial charge is 0.297 e. The van der Waals surface area contributed by atoms with Crippen LogP contribution in [0.2, 0.25) is 0 Å². The van der Waals surface area contributed by atoms with Gasteiger partial charge in [-0.15, -0.1) is 0 Å². The number of carbonyl (C=O) groups excluding carboxylic acids is 1. The molecule has 0 spiro atoms. The molecule has 1 saturated carbocycles. The highest BCUT2D eigenvalue weighted by Crippen LogP contribution is 2.74. The van der Waals surface area contributed by atoms with Crippen LogP contribution in [-0.2, 0) is 15.6 Å². The Morgan fingerprint density at radius 3 is 1.49 bits per heavy atom. The van der Waals surface area contributed by atoms with Gasteiger partial charge in [-0.05, 0) is 45.7 Å². The molecule has 4 aromatic carbocycles. The quantitative estimate of drug-likeness (QED) is 0.299. The highest BCUT2D eigenvalue weighted by Gasteiger charge is 2.76. The summed E-state index contributed by atoms with van der Waals surface area (Å²) in [6.07, 6.45) is 5.57. The first-order chi connectivity index (χ1) is 17.3. The van der Waals surface area contributed by atoms with Gasteiger partial charge in [0.1, 0.15) is 0 Å². The number of allylic oxidation sites excluding steroid dienone is 4. The minimum absolute atomic E-state index is 0.125. The summed E-state index contributed by atoms with van der Waals surface area (Å²) >= 11 is 0. The molecular formula is C34H26O. The maximum atomic E-state index is 15.3. The van der Waals surface area contributed by atoms with E-state index in [0.717, 1.165) is 28.7 Å². The first kappa shape index (κ1) is 20.4. The molecule has 7 rings (SSSR count). The maximum absolute atomic E-state index is 15.3. The Kier molecular flexibility index (Phi) is 4.38. The predicted molar refractivity (Wildman–Crippen MR) is 142 cm³/mol. The van der Waals surface area contributed by atoms with Crippen LogP contribution in [0.5, 0.6) is 0 Å². The molecule has 3 aliphatic carbocycles. The van der Waals surface area contributed by atoms with Crippen molar-refractivity contribution in [2.45, 2.75) is 17.3 Å². The Balaban J connectivity index is 1.70. The van der Waals surface area contributed by atoms with Gasteiger partial charge in [0.05, 0.1) is 10.8 Å². The minimum atomic E-state index is -0.721. The Bertz CT molecular complexity index is 1470. The molecule has 1 nitrogen and oxygen atoms in total. The van der Waals surface area contributed by atoms with Gasteiger partial charge in [0.2, 0.25) is 0 Å². The monoisotopic (exact) mass is 450 g/mol. The van der Waals surface area contributed by atoms with E-state index in [1.54, 1.807) is 0 Å². The predicted octanol–water partition coefficient (Wildman–Crippen LogP) is 7.26. The summed E-state index contributed by atoms with van der Waals surface area (Å²) in [6.45, 7) is 0. The first-order valence-electron chi connectivity index (χ1n) is 12.5. The van der Waals surface area contributed by atoms with E-state index in [0.29, 0.717) is 5.78 Å². The van der Waals surface area contributed by atoms with Gasteiger partial charge in [0, 0.05) is 5.92 Å². The van der Waals surface area contributed by atoms with Crippen molar-refractivity contribution in [2.24, 2.45) is 11.8 Å². The Hall–Kier alpha value is -3.97. The Morgan fingerprint density at radius 2 is 0.971 bits per heavy atom. The van der Waals surface area contributed by atoms with Crippen molar-refractivity contribution in [3.63, 3.8) is 0 Å². The molecule has 0 aromatic heterocycles. The fraction of sp³-hybridized carbons (Fsp3) is 0.147. The van der Waals surface area contributed by atoms with Crippen LogP contribution < -0.4 is 0 Å². The molecular weight excluding hydrogens is 424 g/mol. The molecule has 4 atom stereocenters. The number of hydrogen-bond donors (Lipinski definition) is 0. The van der Waals surface area contributed by atoms with Crippen molar-refractivity contribution in [1.29, 1.82) is 0 Å². The summed E-state index contributed by atoms with van der Waals surface area (Å²) in [7, 11) is 0. The molecule has 0 N–H and O–H groups in total. The molecule has 0 amide bonds. The molecule has 4 aromatic rings. The second-order valence-electron chi connectivity index (χ2n) is 9.96. The van der Waals surface area contributed by atoms with Crippen molar-refractivity contribution in [1.82, 2.24) is 0 Å². The Morgan fingerprint density at radius 1 is 0.543 bits per heavy atom. The zero-order valence-corrected chi connectivity index (χ0v) is 19.5. The lowest BCUT2D eigenvalue weighted by Crippen LogP contribution is -2.38. The van der Waals surface area contributed by atoms with Gasteiger partial charge in [0.15, 0.2) is 5.78 Å². The average molecular weight is 451 g/mol. The lowest BCUT2D eigenvalue weighted by atomic mass is 9.59. The average Bonchev–Trinajstić information content (AvgIpc) is 3.57. The number of carbonyl (C=O) groups is 1. The SMILES string of the molecule is O=C1[C@@]2(c3ccccc3)C(c3ccccc3)=C(c3ccccc3)[C@]1(c1ccccc1)[C@H]1C=CC[C@H]12. The zero-order valence-electron chi connectivity index (χ0n) is 19.5. The molecule has 2 bridgehead atoms. The minimum Gasteiger partial charge on any atom is -0.297 e. The standard InChI is InChI=1S/C34H26O/c35-32-33(26-18-9-3-10-19-26)28-22-13-23-29(28)34(32,27-20-11-4-12-21-27)31(25-16-7-2-8-17-25)30(33)24-14-5-1-6-15-24/h1-22,28-29H,23H2/t28-,29+,33-,34+/m0/s1. The number of Topliss-reactive ketones (excluding diaryl/α,β-unsaturated/α-hetero) is 1. The summed E-state index contributed by atoms with van der Waals surface area (Å²) < 4.78 is 0. The third-order valence-corrected chi connectivity index (χ3v) is 8.56. The number of benzene rings is 4. The number of fused-ring (bicyclic) bond motifs is 5. The van der Waals surface area contributed by atoms with Gasteiger partial charge in [-0.1, -0.05) is 133 Å². The summed E-state index contributed by atoms with van der Waals surface area (Å²) in [5.74, 6) is 0.653. The van der Waals surface area contributed by atoms with Crippen LogP contribution in [0.3, 0.4) is 0 Å². The molecule has 0 aliphatic heterocycles. The molecule has 3 aliphatic rings. The van der Waals surface area contributed by atoms with Gasteiger partial charge < -0.3 is 0 Å². The molecule has 0 radical (unpaired) electrons. The first-order valence-corrected chi connectivity index (χ1v) is 12.5. The van der Waals surface area contributed by atoms with Crippen LogP contribution in [0.25, 0.3) is 11.1 Å². The van der Waals surface area contributed by atoms with Crippen LogP contribution >= 0.6 is 0 Å². The second-order valence-corrected chi connectivity index (χ2v) is 9.96. The summed E-state index contributed by atoms with van der Waals surface area (Å²) in [6, 6.07) is 42.3. The zero-order chi connectivity index (χ0) is 23.5. The van der Waals surface area contributed by atoms with E-state index < -0.39 is 10.8 Å². The van der Waals surface area contributed by atoms with Gasteiger partial charge in [0.25, 0.3) is 0 Å². The smallest absolute Gasteiger partial charge is 0.163 e.